The second-order valence-electron chi connectivity index (χ2n) is 2.33. The molecule has 0 aliphatic carbocycles. The Labute approximate surface area is 64.8 Å². The van der Waals surface area contributed by atoms with Crippen molar-refractivity contribution in [3.05, 3.63) is 30.5 Å². The molecule has 0 bridgehead atoms. The Morgan fingerprint density at radius 1 is 1.36 bits per heavy atom. The summed E-state index contributed by atoms with van der Waals surface area (Å²) < 4.78 is 5.02. The summed E-state index contributed by atoms with van der Waals surface area (Å²) in [4.78, 5) is 3.08. The zero-order valence-electron chi connectivity index (χ0n) is 6.22. The van der Waals surface area contributed by atoms with Gasteiger partial charge in [0.25, 0.3) is 0 Å². The number of hydrogen-bond acceptors (Lipinski definition) is 1. The number of aromatic nitrogens is 1. The van der Waals surface area contributed by atoms with Crippen molar-refractivity contribution in [3.63, 3.8) is 0 Å². The summed E-state index contributed by atoms with van der Waals surface area (Å²) in [5, 5.41) is 1.06. The van der Waals surface area contributed by atoms with Crippen LogP contribution in [0.15, 0.2) is 24.4 Å². The normalized spacial score (nSPS) is 10.3. The van der Waals surface area contributed by atoms with Crippen LogP contribution >= 0.6 is 0 Å². The van der Waals surface area contributed by atoms with E-state index in [4.69, 9.17) is 4.74 Å². The van der Waals surface area contributed by atoms with Crippen LogP contribution in [0.5, 0.6) is 5.75 Å². The molecule has 2 nitrogen and oxygen atoms in total. The largest absolute Gasteiger partial charge is 0.496 e. The first kappa shape index (κ1) is 6.28. The number of nitrogens with one attached hydrogen (secondary N) is 1. The van der Waals surface area contributed by atoms with E-state index in [2.05, 4.69) is 11.1 Å². The number of fused-ring (bicyclic) bond motifs is 1. The number of aromatic amines is 1. The van der Waals surface area contributed by atoms with Crippen molar-refractivity contribution in [2.45, 2.75) is 0 Å². The lowest BCUT2D eigenvalue weighted by atomic mass is 10.2. The summed E-state index contributed by atoms with van der Waals surface area (Å²) >= 11 is 0. The molecule has 55 valence electrons. The predicted molar refractivity (Wildman–Crippen MR) is 43.7 cm³/mol. The number of methoxy groups -OCH3 is 1. The third-order valence-electron chi connectivity index (χ3n) is 1.66. The molecule has 2 rings (SSSR count). The van der Waals surface area contributed by atoms with Gasteiger partial charge in [0, 0.05) is 23.2 Å². The second-order valence-corrected chi connectivity index (χ2v) is 2.33. The number of ether oxygens (including phenoxy) is 1. The van der Waals surface area contributed by atoms with Gasteiger partial charge in [-0.1, -0.05) is 0 Å². The van der Waals surface area contributed by atoms with Crippen molar-refractivity contribution >= 4 is 10.9 Å². The van der Waals surface area contributed by atoms with Crippen molar-refractivity contribution in [3.8, 4) is 5.75 Å². The minimum Gasteiger partial charge on any atom is -0.496 e. The Kier molecular flexibility index (Phi) is 1.32. The number of rotatable bonds is 1. The van der Waals surface area contributed by atoms with E-state index < -0.39 is 0 Å². The van der Waals surface area contributed by atoms with Gasteiger partial charge in [-0.25, -0.2) is 0 Å². The Balaban J connectivity index is 2.67. The van der Waals surface area contributed by atoms with Crippen LogP contribution in [0.25, 0.3) is 10.9 Å². The Morgan fingerprint density at radius 3 is 3.09 bits per heavy atom. The first-order valence-corrected chi connectivity index (χ1v) is 3.43. The molecule has 2 heteroatoms. The number of benzene rings is 1. The van der Waals surface area contributed by atoms with Crippen LogP contribution in [0.3, 0.4) is 0 Å². The maximum absolute atomic E-state index is 5.02. The maximum atomic E-state index is 5.02. The molecule has 2 aromatic rings. The highest BCUT2D eigenvalue weighted by atomic mass is 16.5. The monoisotopic (exact) mass is 146 g/mol. The summed E-state index contributed by atoms with van der Waals surface area (Å²) in [5.74, 6) is 0.775. The molecule has 1 heterocycles. The van der Waals surface area contributed by atoms with Crippen molar-refractivity contribution in [2.75, 3.05) is 7.11 Å². The van der Waals surface area contributed by atoms with Gasteiger partial charge in [0.15, 0.2) is 0 Å². The Hall–Kier alpha value is -1.44. The van der Waals surface area contributed by atoms with Gasteiger partial charge in [0.1, 0.15) is 5.75 Å². The molecule has 11 heavy (non-hydrogen) atoms. The maximum Gasteiger partial charge on any atom is 0.127 e. The average molecular weight is 146 g/mol. The van der Waals surface area contributed by atoms with E-state index in [-0.39, 0.29) is 0 Å². The topological polar surface area (TPSA) is 25.0 Å². The smallest absolute Gasteiger partial charge is 0.127 e. The predicted octanol–water partition coefficient (Wildman–Crippen LogP) is 1.98. The first-order chi connectivity index (χ1) is 5.40. The summed E-state index contributed by atoms with van der Waals surface area (Å²) in [6.07, 6.45) is 1.89. The lowest BCUT2D eigenvalue weighted by Crippen LogP contribution is -1.80. The molecule has 1 aromatic carbocycles. The van der Waals surface area contributed by atoms with Crippen LogP contribution < -0.4 is 4.74 Å². The van der Waals surface area contributed by atoms with Crippen molar-refractivity contribution in [1.82, 2.24) is 4.98 Å². The summed E-state index contributed by atoms with van der Waals surface area (Å²) in [7, 11) is 1.64. The number of hydrogen-bond donors (Lipinski definition) is 1. The van der Waals surface area contributed by atoms with Crippen LogP contribution in [0, 0.1) is 6.07 Å². The van der Waals surface area contributed by atoms with E-state index in [1.54, 1.807) is 7.11 Å². The molecule has 1 radical (unpaired) electrons. The van der Waals surface area contributed by atoms with Gasteiger partial charge in [0.05, 0.1) is 7.11 Å². The lowest BCUT2D eigenvalue weighted by molar-refractivity contribution is 0.414. The molecular formula is C9H8NO. The molecular weight excluding hydrogens is 138 g/mol. The highest BCUT2D eigenvalue weighted by Crippen LogP contribution is 2.17. The van der Waals surface area contributed by atoms with Gasteiger partial charge in [-0.15, -0.1) is 0 Å². The van der Waals surface area contributed by atoms with Gasteiger partial charge < -0.3 is 9.72 Å². The van der Waals surface area contributed by atoms with Gasteiger partial charge in [0.2, 0.25) is 0 Å². The highest BCUT2D eigenvalue weighted by Gasteiger charge is 1.95. The fourth-order valence-electron chi connectivity index (χ4n) is 1.08. The molecule has 0 fully saturated rings. The van der Waals surface area contributed by atoms with Gasteiger partial charge in [-0.3, -0.25) is 0 Å². The van der Waals surface area contributed by atoms with E-state index in [0.717, 1.165) is 16.7 Å². The minimum atomic E-state index is 0.775. The molecule has 0 saturated heterocycles. The second kappa shape index (κ2) is 2.31. The fraction of sp³-hybridized carbons (Fsp3) is 0.111. The summed E-state index contributed by atoms with van der Waals surface area (Å²) in [6, 6.07) is 8.94. The van der Waals surface area contributed by atoms with Crippen LogP contribution in [-0.4, -0.2) is 12.1 Å². The van der Waals surface area contributed by atoms with Crippen molar-refractivity contribution < 1.29 is 4.74 Å². The van der Waals surface area contributed by atoms with Crippen LogP contribution in [0.2, 0.25) is 0 Å². The standard InChI is InChI=1S/C9H8NO/c1-11-8-2-3-9-7(6-8)4-5-10-9/h2-5,10H,1H3. The van der Waals surface area contributed by atoms with Gasteiger partial charge in [-0.05, 0) is 18.2 Å². The molecule has 0 amide bonds. The zero-order valence-corrected chi connectivity index (χ0v) is 6.22. The molecule has 0 aliphatic heterocycles. The number of H-pyrrole nitrogens is 1. The third kappa shape index (κ3) is 0.963. The molecule has 0 saturated carbocycles. The van der Waals surface area contributed by atoms with Crippen LogP contribution in [-0.2, 0) is 0 Å². The summed E-state index contributed by atoms with van der Waals surface area (Å²) in [6.45, 7) is 0. The Bertz CT molecular complexity index is 364. The van der Waals surface area contributed by atoms with Crippen molar-refractivity contribution in [2.24, 2.45) is 0 Å². The molecule has 0 spiro atoms. The quantitative estimate of drug-likeness (QED) is 0.653. The molecule has 0 unspecified atom stereocenters. The molecule has 0 atom stereocenters. The fourth-order valence-corrected chi connectivity index (χ4v) is 1.08. The zero-order chi connectivity index (χ0) is 7.68. The van der Waals surface area contributed by atoms with E-state index in [1.807, 2.05) is 24.4 Å². The lowest BCUT2D eigenvalue weighted by Gasteiger charge is -1.96. The van der Waals surface area contributed by atoms with Gasteiger partial charge >= 0.3 is 0 Å². The van der Waals surface area contributed by atoms with Crippen molar-refractivity contribution in [1.29, 1.82) is 0 Å². The minimum absolute atomic E-state index is 0.775. The van der Waals surface area contributed by atoms with Crippen LogP contribution in [0.4, 0.5) is 0 Å². The first-order valence-electron chi connectivity index (χ1n) is 3.43. The third-order valence-corrected chi connectivity index (χ3v) is 1.66. The summed E-state index contributed by atoms with van der Waals surface area (Å²) in [5.41, 5.74) is 1.09. The van der Waals surface area contributed by atoms with E-state index in [9.17, 15) is 0 Å². The molecule has 1 aromatic heterocycles. The average Bonchev–Trinajstić information content (AvgIpc) is 2.50. The van der Waals surface area contributed by atoms with E-state index >= 15 is 0 Å². The molecule has 1 N–H and O–H groups in total. The molecule has 0 aliphatic rings. The van der Waals surface area contributed by atoms with Gasteiger partial charge in [-0.2, -0.15) is 0 Å². The van der Waals surface area contributed by atoms with Crippen LogP contribution in [0.1, 0.15) is 0 Å². The Morgan fingerprint density at radius 2 is 2.27 bits per heavy atom. The van der Waals surface area contributed by atoms with E-state index in [1.165, 1.54) is 0 Å². The van der Waals surface area contributed by atoms with E-state index in [0.29, 0.717) is 0 Å². The SMILES string of the molecule is COc1[c]c2cc[nH]c2cc1. The highest BCUT2D eigenvalue weighted by molar-refractivity contribution is 5.79.